The monoisotopic (exact) mass is 540 g/mol. The molecule has 0 atom stereocenters. The van der Waals surface area contributed by atoms with Gasteiger partial charge in [-0.1, -0.05) is 30.3 Å². The molecule has 0 saturated heterocycles. The molecule has 2 heterocycles. The van der Waals surface area contributed by atoms with Crippen molar-refractivity contribution in [3.05, 3.63) is 92.0 Å². The summed E-state index contributed by atoms with van der Waals surface area (Å²) < 4.78 is 24.0. The zero-order chi connectivity index (χ0) is 29.1. The number of aryl methyl sites for hydroxylation is 2. The van der Waals surface area contributed by atoms with Gasteiger partial charge >= 0.3 is 23.9 Å². The third kappa shape index (κ3) is 7.74. The van der Waals surface area contributed by atoms with Crippen LogP contribution in [-0.4, -0.2) is 62.3 Å². The quantitative estimate of drug-likeness (QED) is 0.347. The Balaban J connectivity index is 0.000000293. The van der Waals surface area contributed by atoms with Gasteiger partial charge in [0, 0.05) is 5.69 Å². The third-order valence-corrected chi connectivity index (χ3v) is 5.26. The maximum absolute atomic E-state index is 11.9. The number of esters is 4. The summed E-state index contributed by atoms with van der Waals surface area (Å²) in [6.45, 7) is 3.42. The zero-order valence-electron chi connectivity index (χ0n) is 22.3. The van der Waals surface area contributed by atoms with Gasteiger partial charge in [-0.2, -0.15) is 0 Å². The lowest BCUT2D eigenvalue weighted by molar-refractivity contribution is 0.0576. The van der Waals surface area contributed by atoms with E-state index in [1.165, 1.54) is 34.3 Å². The van der Waals surface area contributed by atoms with Crippen molar-refractivity contribution in [2.75, 3.05) is 28.4 Å². The highest BCUT2D eigenvalue weighted by Crippen LogP contribution is 2.22. The highest BCUT2D eigenvalue weighted by Gasteiger charge is 2.21. The molecule has 0 amide bonds. The van der Waals surface area contributed by atoms with E-state index in [0.29, 0.717) is 11.4 Å². The Morgan fingerprint density at radius 3 is 1.77 bits per heavy atom. The number of aromatic amines is 1. The first-order valence-corrected chi connectivity index (χ1v) is 11.3. The normalized spacial score (nSPS) is 9.90. The molecule has 2 aromatic heterocycles. The maximum Gasteiger partial charge on any atom is 0.343 e. The second-order valence-electron chi connectivity index (χ2n) is 7.77. The van der Waals surface area contributed by atoms with Gasteiger partial charge in [-0.15, -0.1) is 0 Å². The summed E-state index contributed by atoms with van der Waals surface area (Å²) in [6.07, 6.45) is 0. The van der Waals surface area contributed by atoms with E-state index in [9.17, 15) is 24.0 Å². The van der Waals surface area contributed by atoms with Crippen molar-refractivity contribution in [1.82, 2.24) is 9.97 Å². The second-order valence-corrected chi connectivity index (χ2v) is 7.77. The molecule has 0 bridgehead atoms. The molecule has 39 heavy (non-hydrogen) atoms. The lowest BCUT2D eigenvalue weighted by Crippen LogP contribution is -2.22. The lowest BCUT2D eigenvalue weighted by atomic mass is 10.1. The molecule has 12 heteroatoms. The number of carbonyl (C=O) groups is 4. The molecule has 206 valence electrons. The molecule has 0 radical (unpaired) electrons. The molecule has 3 rings (SSSR count). The van der Waals surface area contributed by atoms with E-state index in [1.54, 1.807) is 6.92 Å². The Bertz CT molecular complexity index is 1410. The zero-order valence-corrected chi connectivity index (χ0v) is 22.3. The summed E-state index contributed by atoms with van der Waals surface area (Å²) in [5.74, 6) is -2.52. The van der Waals surface area contributed by atoms with Crippen LogP contribution in [0.25, 0.3) is 0 Å². The van der Waals surface area contributed by atoms with Crippen molar-refractivity contribution in [2.45, 2.75) is 20.5 Å². The van der Waals surface area contributed by atoms with E-state index >= 15 is 0 Å². The number of nitrogens with zero attached hydrogens (tertiary/aromatic N) is 1. The fourth-order valence-electron chi connectivity index (χ4n) is 3.20. The molecule has 0 fully saturated rings. The number of hydrogen-bond acceptors (Lipinski definition) is 11. The van der Waals surface area contributed by atoms with Crippen molar-refractivity contribution in [1.29, 1.82) is 0 Å². The molecule has 1 aromatic carbocycles. The van der Waals surface area contributed by atoms with E-state index < -0.39 is 29.4 Å². The van der Waals surface area contributed by atoms with E-state index in [-0.39, 0.29) is 34.7 Å². The Labute approximate surface area is 223 Å². The van der Waals surface area contributed by atoms with Gasteiger partial charge in [0.2, 0.25) is 5.88 Å². The first-order valence-electron chi connectivity index (χ1n) is 11.3. The number of methoxy groups -OCH3 is 4. The highest BCUT2D eigenvalue weighted by molar-refractivity contribution is 5.97. The fraction of sp³-hybridized carbons (Fsp3) is 0.259. The number of benzene rings is 1. The first-order chi connectivity index (χ1) is 18.6. The molecule has 1 N–H and O–H groups in total. The standard InChI is InChI=1S/C17H17NO5.C10H11NO5/c1-11-13(16(19)21-2)9-14(17(20)22-3)15(18-11)23-10-12-7-5-4-6-8-12;1-5-6(9(13)15-2)4-7(8(12)11-5)10(14)16-3/h4-9H,10H2,1-3H3;4H,1-3H3,(H,11,12). The predicted molar refractivity (Wildman–Crippen MR) is 137 cm³/mol. The molecule has 12 nitrogen and oxygen atoms in total. The van der Waals surface area contributed by atoms with E-state index in [4.69, 9.17) is 9.47 Å². The summed E-state index contributed by atoms with van der Waals surface area (Å²) in [4.78, 5) is 64.2. The minimum absolute atomic E-state index is 0.0782. The molecule has 3 aromatic rings. The van der Waals surface area contributed by atoms with Crippen LogP contribution in [0.5, 0.6) is 5.88 Å². The third-order valence-electron chi connectivity index (χ3n) is 5.26. The minimum atomic E-state index is -0.800. The van der Waals surface area contributed by atoms with Gasteiger partial charge in [0.05, 0.1) is 45.3 Å². The van der Waals surface area contributed by atoms with Gasteiger partial charge in [-0.25, -0.2) is 24.2 Å². The molecule has 0 spiro atoms. The van der Waals surface area contributed by atoms with Crippen LogP contribution in [0.3, 0.4) is 0 Å². The average molecular weight is 541 g/mol. The van der Waals surface area contributed by atoms with Crippen molar-refractivity contribution >= 4 is 23.9 Å². The number of H-pyrrole nitrogens is 1. The largest absolute Gasteiger partial charge is 0.472 e. The SMILES string of the molecule is COC(=O)c1cc(C(=O)OC)c(=O)[nH]c1C.COC(=O)c1cc(C(=O)OC)c(OCc2ccccc2)nc1C. The molecular formula is C27H28N2O10. The second kappa shape index (κ2) is 14.1. The molecule has 0 unspecified atom stereocenters. The number of carbonyl (C=O) groups excluding carboxylic acids is 4. The number of nitrogens with one attached hydrogen (secondary N) is 1. The molecule has 0 aliphatic heterocycles. The van der Waals surface area contributed by atoms with Crippen molar-refractivity contribution < 1.29 is 42.9 Å². The van der Waals surface area contributed by atoms with E-state index in [1.807, 2.05) is 30.3 Å². The van der Waals surface area contributed by atoms with Crippen LogP contribution in [0.1, 0.15) is 58.4 Å². The van der Waals surface area contributed by atoms with Crippen LogP contribution >= 0.6 is 0 Å². The Hall–Kier alpha value is -5.00. The van der Waals surface area contributed by atoms with Crippen LogP contribution in [0.15, 0.2) is 47.3 Å². The summed E-state index contributed by atoms with van der Waals surface area (Å²) in [5.41, 5.74) is 1.25. The van der Waals surface area contributed by atoms with Crippen LogP contribution in [-0.2, 0) is 25.6 Å². The summed E-state index contributed by atoms with van der Waals surface area (Å²) in [7, 11) is 4.88. The van der Waals surface area contributed by atoms with E-state index in [0.717, 1.165) is 18.7 Å². The minimum Gasteiger partial charge on any atom is -0.472 e. The number of rotatable bonds is 7. The molecule has 0 aliphatic rings. The highest BCUT2D eigenvalue weighted by atomic mass is 16.5. The summed E-state index contributed by atoms with van der Waals surface area (Å²) >= 11 is 0. The van der Waals surface area contributed by atoms with Crippen LogP contribution in [0.4, 0.5) is 0 Å². The molecular weight excluding hydrogens is 512 g/mol. The smallest absolute Gasteiger partial charge is 0.343 e. The number of hydrogen-bond donors (Lipinski definition) is 1. The average Bonchev–Trinajstić information content (AvgIpc) is 2.95. The number of aromatic nitrogens is 2. The van der Waals surface area contributed by atoms with Gasteiger partial charge in [0.1, 0.15) is 17.7 Å². The molecule has 0 aliphatic carbocycles. The Morgan fingerprint density at radius 1 is 0.718 bits per heavy atom. The first kappa shape index (κ1) is 30.2. The van der Waals surface area contributed by atoms with Gasteiger partial charge in [-0.3, -0.25) is 4.79 Å². The number of ether oxygens (including phenoxy) is 5. The van der Waals surface area contributed by atoms with Gasteiger partial charge in [0.15, 0.2) is 0 Å². The van der Waals surface area contributed by atoms with Gasteiger partial charge in [-0.05, 0) is 31.5 Å². The number of pyridine rings is 2. The van der Waals surface area contributed by atoms with E-state index in [2.05, 4.69) is 24.2 Å². The van der Waals surface area contributed by atoms with Crippen LogP contribution in [0, 0.1) is 13.8 Å². The lowest BCUT2D eigenvalue weighted by Gasteiger charge is -2.12. The Morgan fingerprint density at radius 2 is 1.21 bits per heavy atom. The Kier molecular flexibility index (Phi) is 10.9. The molecule has 0 saturated carbocycles. The van der Waals surface area contributed by atoms with Crippen molar-refractivity contribution in [2.24, 2.45) is 0 Å². The van der Waals surface area contributed by atoms with Crippen molar-refractivity contribution in [3.63, 3.8) is 0 Å². The van der Waals surface area contributed by atoms with Crippen LogP contribution < -0.4 is 10.3 Å². The summed E-state index contributed by atoms with van der Waals surface area (Å²) in [6, 6.07) is 12.0. The topological polar surface area (TPSA) is 160 Å². The maximum atomic E-state index is 11.9. The van der Waals surface area contributed by atoms with Crippen molar-refractivity contribution in [3.8, 4) is 5.88 Å². The fourth-order valence-corrected chi connectivity index (χ4v) is 3.20. The van der Waals surface area contributed by atoms with Gasteiger partial charge < -0.3 is 28.7 Å². The predicted octanol–water partition coefficient (Wildman–Crippen LogP) is 2.80. The van der Waals surface area contributed by atoms with Gasteiger partial charge in [0.25, 0.3) is 5.56 Å². The van der Waals surface area contributed by atoms with Crippen LogP contribution in [0.2, 0.25) is 0 Å². The summed E-state index contributed by atoms with van der Waals surface area (Å²) in [5, 5.41) is 0.